The van der Waals surface area contributed by atoms with E-state index in [9.17, 15) is 14.4 Å². The molecule has 44 heavy (non-hydrogen) atoms. The minimum Gasteiger partial charge on any atom is -0.444 e. The first kappa shape index (κ1) is 32.3. The molecular weight excluding hydrogens is 550 g/mol. The molecule has 4 aromatic rings. The summed E-state index contributed by atoms with van der Waals surface area (Å²) in [4.78, 5) is 43.5. The summed E-state index contributed by atoms with van der Waals surface area (Å²) in [5, 5.41) is 7.98. The van der Waals surface area contributed by atoms with Crippen LogP contribution in [0.3, 0.4) is 0 Å². The molecule has 0 saturated carbocycles. The second kappa shape index (κ2) is 14.7. The zero-order chi connectivity index (χ0) is 31.7. The van der Waals surface area contributed by atoms with Crippen molar-refractivity contribution in [1.82, 2.24) is 10.2 Å². The van der Waals surface area contributed by atoms with Gasteiger partial charge in [0.05, 0.1) is 0 Å². The third-order valence-corrected chi connectivity index (χ3v) is 7.37. The van der Waals surface area contributed by atoms with Crippen molar-refractivity contribution in [3.8, 4) is 0 Å². The number of nitrogens with zero attached hydrogens (tertiary/aromatic N) is 1. The Morgan fingerprint density at radius 2 is 1.50 bits per heavy atom. The van der Waals surface area contributed by atoms with Gasteiger partial charge in [0.15, 0.2) is 0 Å². The Morgan fingerprint density at radius 3 is 2.18 bits per heavy atom. The molecule has 7 nitrogen and oxygen atoms in total. The molecule has 7 heteroatoms. The monoisotopic (exact) mass is 593 g/mol. The zero-order valence-corrected chi connectivity index (χ0v) is 26.3. The summed E-state index contributed by atoms with van der Waals surface area (Å²) >= 11 is 0. The van der Waals surface area contributed by atoms with Crippen molar-refractivity contribution >= 4 is 34.4 Å². The molecule has 0 aliphatic rings. The van der Waals surface area contributed by atoms with Crippen LogP contribution in [0.15, 0.2) is 97.1 Å². The number of alkyl carbamates (subject to hydrolysis) is 1. The summed E-state index contributed by atoms with van der Waals surface area (Å²) in [6, 6.07) is 29.0. The fraction of sp³-hybridized carbons (Fsp3) is 0.324. The summed E-state index contributed by atoms with van der Waals surface area (Å²) in [5.41, 5.74) is 2.40. The lowest BCUT2D eigenvalue weighted by atomic mass is 9.96. The van der Waals surface area contributed by atoms with Crippen LogP contribution in [0.4, 0.5) is 10.5 Å². The molecule has 0 aromatic heterocycles. The van der Waals surface area contributed by atoms with Gasteiger partial charge in [0.2, 0.25) is 5.91 Å². The van der Waals surface area contributed by atoms with Gasteiger partial charge in [0.1, 0.15) is 17.7 Å². The third kappa shape index (κ3) is 8.69. The fourth-order valence-corrected chi connectivity index (χ4v) is 5.22. The van der Waals surface area contributed by atoms with Gasteiger partial charge in [0, 0.05) is 18.7 Å². The number of anilines is 1. The second-order valence-corrected chi connectivity index (χ2v) is 12.1. The lowest BCUT2D eigenvalue weighted by molar-refractivity contribution is -0.140. The molecule has 2 unspecified atom stereocenters. The minimum atomic E-state index is -0.955. The van der Waals surface area contributed by atoms with E-state index >= 15 is 0 Å². The van der Waals surface area contributed by atoms with Crippen molar-refractivity contribution in [1.29, 1.82) is 0 Å². The smallest absolute Gasteiger partial charge is 0.408 e. The molecule has 2 N–H and O–H groups in total. The summed E-state index contributed by atoms with van der Waals surface area (Å²) in [6.45, 7) is 9.65. The van der Waals surface area contributed by atoms with Crippen molar-refractivity contribution in [2.24, 2.45) is 0 Å². The maximum absolute atomic E-state index is 14.6. The number of nitrogens with one attached hydrogen (secondary N) is 2. The number of benzene rings is 4. The van der Waals surface area contributed by atoms with Crippen LogP contribution in [0.25, 0.3) is 10.8 Å². The van der Waals surface area contributed by atoms with Gasteiger partial charge in [-0.1, -0.05) is 98.3 Å². The molecule has 0 saturated heterocycles. The summed E-state index contributed by atoms with van der Waals surface area (Å²) in [7, 11) is 0. The van der Waals surface area contributed by atoms with E-state index in [0.717, 1.165) is 33.9 Å². The Hall–Kier alpha value is -4.65. The SMILES string of the molecule is CCCCN(C(=O)C(Cc1ccccc1)NC(=O)OC(C)(C)C)C(C(=O)Nc1ccc2ccccc2c1)c1ccccc1C. The van der Waals surface area contributed by atoms with Gasteiger partial charge in [-0.25, -0.2) is 4.79 Å². The van der Waals surface area contributed by atoms with Crippen LogP contribution in [-0.2, 0) is 20.7 Å². The van der Waals surface area contributed by atoms with Crippen LogP contribution >= 0.6 is 0 Å². The first-order valence-electron chi connectivity index (χ1n) is 15.2. The number of hydrogen-bond donors (Lipinski definition) is 2. The van der Waals surface area contributed by atoms with E-state index in [1.54, 1.807) is 25.7 Å². The molecule has 0 radical (unpaired) electrons. The topological polar surface area (TPSA) is 87.7 Å². The average molecular weight is 594 g/mol. The van der Waals surface area contributed by atoms with Gasteiger partial charge >= 0.3 is 6.09 Å². The van der Waals surface area contributed by atoms with Gasteiger partial charge in [-0.15, -0.1) is 0 Å². The summed E-state index contributed by atoms with van der Waals surface area (Å²) in [5.74, 6) is -0.676. The van der Waals surface area contributed by atoms with E-state index in [1.165, 1.54) is 0 Å². The number of amides is 3. The molecule has 0 fully saturated rings. The lowest BCUT2D eigenvalue weighted by Gasteiger charge is -2.35. The molecule has 2 atom stereocenters. The van der Waals surface area contributed by atoms with Gasteiger partial charge in [-0.05, 0) is 73.7 Å². The molecule has 230 valence electrons. The number of carbonyl (C=O) groups excluding carboxylic acids is 3. The van der Waals surface area contributed by atoms with E-state index in [4.69, 9.17) is 4.74 Å². The molecule has 4 aromatic carbocycles. The Bertz CT molecular complexity index is 1580. The van der Waals surface area contributed by atoms with Gasteiger partial charge in [-0.3, -0.25) is 9.59 Å². The van der Waals surface area contributed by atoms with Gasteiger partial charge in [0.25, 0.3) is 5.91 Å². The normalized spacial score (nSPS) is 12.7. The van der Waals surface area contributed by atoms with Crippen LogP contribution in [-0.4, -0.2) is 41.0 Å². The largest absolute Gasteiger partial charge is 0.444 e. The Kier molecular flexibility index (Phi) is 10.8. The lowest BCUT2D eigenvalue weighted by Crippen LogP contribution is -2.53. The standard InChI is InChI=1S/C37H43N3O4/c1-6-7-23-40(35(42)32(24-27-16-9-8-10-17-27)39-36(43)44-37(3,4)5)33(31-20-14-11-15-26(31)2)34(41)38-30-22-21-28-18-12-13-19-29(28)25-30/h8-22,25,32-33H,6-7,23-24H2,1-5H3,(H,38,41)(H,39,43). The molecule has 3 amide bonds. The summed E-state index contributed by atoms with van der Waals surface area (Å²) in [6.07, 6.45) is 1.06. The maximum Gasteiger partial charge on any atom is 0.408 e. The predicted molar refractivity (Wildman–Crippen MR) is 176 cm³/mol. The second-order valence-electron chi connectivity index (χ2n) is 12.1. The highest BCUT2D eigenvalue weighted by Gasteiger charge is 2.37. The van der Waals surface area contributed by atoms with E-state index in [2.05, 4.69) is 10.6 Å². The highest BCUT2D eigenvalue weighted by atomic mass is 16.6. The maximum atomic E-state index is 14.6. The number of rotatable bonds is 11. The van der Waals surface area contributed by atoms with Crippen molar-refractivity contribution < 1.29 is 19.1 Å². The zero-order valence-electron chi connectivity index (χ0n) is 26.3. The third-order valence-electron chi connectivity index (χ3n) is 7.37. The van der Waals surface area contributed by atoms with E-state index in [1.807, 2.05) is 111 Å². The Balaban J connectivity index is 1.74. The minimum absolute atomic E-state index is 0.244. The van der Waals surface area contributed by atoms with Crippen molar-refractivity contribution in [2.75, 3.05) is 11.9 Å². The quantitative estimate of drug-likeness (QED) is 0.188. The molecule has 0 aliphatic heterocycles. The summed E-state index contributed by atoms with van der Waals surface area (Å²) < 4.78 is 5.54. The van der Waals surface area contributed by atoms with Crippen LogP contribution in [0.1, 0.15) is 63.3 Å². The van der Waals surface area contributed by atoms with Crippen molar-refractivity contribution in [2.45, 2.75) is 71.6 Å². The number of ether oxygens (including phenoxy) is 1. The fourth-order valence-electron chi connectivity index (χ4n) is 5.22. The molecule has 0 aliphatic carbocycles. The first-order chi connectivity index (χ1) is 21.1. The van der Waals surface area contributed by atoms with Crippen LogP contribution in [0.5, 0.6) is 0 Å². The number of carbonyl (C=O) groups is 3. The predicted octanol–water partition coefficient (Wildman–Crippen LogP) is 7.59. The highest BCUT2D eigenvalue weighted by Crippen LogP contribution is 2.29. The number of hydrogen-bond acceptors (Lipinski definition) is 4. The van der Waals surface area contributed by atoms with Crippen LogP contribution in [0.2, 0.25) is 0 Å². The Morgan fingerprint density at radius 1 is 0.841 bits per heavy atom. The number of aryl methyl sites for hydroxylation is 1. The molecule has 4 rings (SSSR count). The van der Waals surface area contributed by atoms with Crippen LogP contribution < -0.4 is 10.6 Å². The van der Waals surface area contributed by atoms with E-state index in [0.29, 0.717) is 18.7 Å². The molecule has 0 bridgehead atoms. The van der Waals surface area contributed by atoms with Gasteiger partial charge in [-0.2, -0.15) is 0 Å². The van der Waals surface area contributed by atoms with Crippen molar-refractivity contribution in [3.63, 3.8) is 0 Å². The van der Waals surface area contributed by atoms with Crippen LogP contribution in [0, 0.1) is 6.92 Å². The van der Waals surface area contributed by atoms with Gasteiger partial charge < -0.3 is 20.3 Å². The number of unbranched alkanes of at least 4 members (excludes halogenated alkanes) is 1. The molecular formula is C37H43N3O4. The molecule has 0 heterocycles. The first-order valence-corrected chi connectivity index (χ1v) is 15.2. The highest BCUT2D eigenvalue weighted by molar-refractivity contribution is 6.00. The van der Waals surface area contributed by atoms with E-state index < -0.39 is 23.8 Å². The average Bonchev–Trinajstić information content (AvgIpc) is 2.98. The Labute approximate surface area is 260 Å². The number of fused-ring (bicyclic) bond motifs is 1. The van der Waals surface area contributed by atoms with E-state index in [-0.39, 0.29) is 18.2 Å². The van der Waals surface area contributed by atoms with Crippen molar-refractivity contribution in [3.05, 3.63) is 114 Å². The molecule has 0 spiro atoms.